The molecule has 0 atom stereocenters. The summed E-state index contributed by atoms with van der Waals surface area (Å²) in [5.74, 6) is 0.996. The van der Waals surface area contributed by atoms with E-state index in [0.717, 1.165) is 31.4 Å². The summed E-state index contributed by atoms with van der Waals surface area (Å²) in [4.78, 5) is 12.1. The molecule has 3 nitrogen and oxygen atoms in total. The number of hydrogen-bond acceptors (Lipinski definition) is 2. The van der Waals surface area contributed by atoms with Crippen LogP contribution in [0.15, 0.2) is 24.3 Å². The van der Waals surface area contributed by atoms with Crippen LogP contribution in [0.3, 0.4) is 0 Å². The van der Waals surface area contributed by atoms with Crippen molar-refractivity contribution in [2.45, 2.75) is 45.1 Å². The SMILES string of the molecule is COc1cccc(C2(NC(=O)C(C)C)CCCC2)c1. The molecule has 0 aliphatic heterocycles. The Morgan fingerprint density at radius 1 is 1.32 bits per heavy atom. The summed E-state index contributed by atoms with van der Waals surface area (Å²) in [6.07, 6.45) is 4.35. The summed E-state index contributed by atoms with van der Waals surface area (Å²) in [5, 5.41) is 3.26. The topological polar surface area (TPSA) is 38.3 Å². The zero-order chi connectivity index (χ0) is 13.9. The maximum absolute atomic E-state index is 12.1. The fraction of sp³-hybridized carbons (Fsp3) is 0.562. The van der Waals surface area contributed by atoms with Crippen molar-refractivity contribution in [2.75, 3.05) is 7.11 Å². The van der Waals surface area contributed by atoms with Crippen LogP contribution >= 0.6 is 0 Å². The lowest BCUT2D eigenvalue weighted by atomic mass is 9.87. The predicted octanol–water partition coefficient (Wildman–Crippen LogP) is 3.24. The average molecular weight is 261 g/mol. The van der Waals surface area contributed by atoms with Crippen LogP contribution in [-0.2, 0) is 10.3 Å². The highest BCUT2D eigenvalue weighted by atomic mass is 16.5. The number of methoxy groups -OCH3 is 1. The molecule has 1 fully saturated rings. The molecule has 1 aromatic carbocycles. The third-order valence-electron chi connectivity index (χ3n) is 3.97. The van der Waals surface area contributed by atoms with Gasteiger partial charge >= 0.3 is 0 Å². The third kappa shape index (κ3) is 2.91. The van der Waals surface area contributed by atoms with Gasteiger partial charge in [-0.2, -0.15) is 0 Å². The summed E-state index contributed by atoms with van der Waals surface area (Å²) >= 11 is 0. The number of rotatable bonds is 4. The lowest BCUT2D eigenvalue weighted by Crippen LogP contribution is -2.45. The fourth-order valence-corrected chi connectivity index (χ4v) is 2.77. The molecule has 1 aliphatic rings. The van der Waals surface area contributed by atoms with Crippen molar-refractivity contribution < 1.29 is 9.53 Å². The summed E-state index contributed by atoms with van der Waals surface area (Å²) in [5.41, 5.74) is 0.967. The fourth-order valence-electron chi connectivity index (χ4n) is 2.77. The molecule has 104 valence electrons. The maximum atomic E-state index is 12.1. The van der Waals surface area contributed by atoms with Crippen LogP contribution in [0.4, 0.5) is 0 Å². The summed E-state index contributed by atoms with van der Waals surface area (Å²) < 4.78 is 5.30. The molecule has 1 saturated carbocycles. The molecule has 0 heterocycles. The van der Waals surface area contributed by atoms with Crippen molar-refractivity contribution >= 4 is 5.91 Å². The van der Waals surface area contributed by atoms with E-state index in [9.17, 15) is 4.79 Å². The monoisotopic (exact) mass is 261 g/mol. The Labute approximate surface area is 115 Å². The van der Waals surface area contributed by atoms with Gasteiger partial charge in [0.2, 0.25) is 5.91 Å². The van der Waals surface area contributed by atoms with Gasteiger partial charge in [0, 0.05) is 5.92 Å². The van der Waals surface area contributed by atoms with Gasteiger partial charge in [0.15, 0.2) is 0 Å². The Bertz CT molecular complexity index is 448. The van der Waals surface area contributed by atoms with Crippen LogP contribution in [0, 0.1) is 5.92 Å². The molecule has 0 spiro atoms. The van der Waals surface area contributed by atoms with E-state index >= 15 is 0 Å². The molecule has 1 aliphatic carbocycles. The zero-order valence-electron chi connectivity index (χ0n) is 12.0. The molecular formula is C16H23NO2. The highest BCUT2D eigenvalue weighted by Gasteiger charge is 2.37. The highest BCUT2D eigenvalue weighted by Crippen LogP contribution is 2.39. The number of nitrogens with one attached hydrogen (secondary N) is 1. The number of hydrogen-bond donors (Lipinski definition) is 1. The van der Waals surface area contributed by atoms with Gasteiger partial charge in [0.25, 0.3) is 0 Å². The Kier molecular flexibility index (Phi) is 4.13. The molecule has 0 unspecified atom stereocenters. The van der Waals surface area contributed by atoms with Crippen molar-refractivity contribution in [1.29, 1.82) is 0 Å². The number of amides is 1. The first-order valence-electron chi connectivity index (χ1n) is 7.04. The van der Waals surface area contributed by atoms with Gasteiger partial charge in [-0.1, -0.05) is 38.8 Å². The molecule has 0 bridgehead atoms. The second kappa shape index (κ2) is 5.64. The molecule has 1 N–H and O–H groups in total. The second-order valence-electron chi connectivity index (χ2n) is 5.67. The van der Waals surface area contributed by atoms with Crippen LogP contribution in [0.5, 0.6) is 5.75 Å². The van der Waals surface area contributed by atoms with E-state index in [2.05, 4.69) is 11.4 Å². The molecule has 1 amide bonds. The smallest absolute Gasteiger partial charge is 0.223 e. The van der Waals surface area contributed by atoms with Gasteiger partial charge in [-0.25, -0.2) is 0 Å². The molecule has 3 heteroatoms. The van der Waals surface area contributed by atoms with Gasteiger partial charge in [-0.05, 0) is 30.5 Å². The van der Waals surface area contributed by atoms with Gasteiger partial charge in [0.05, 0.1) is 12.6 Å². The van der Waals surface area contributed by atoms with Crippen LogP contribution in [0.1, 0.15) is 45.1 Å². The standard InChI is InChI=1S/C16H23NO2/c1-12(2)15(18)17-16(9-4-5-10-16)13-7-6-8-14(11-13)19-3/h6-8,11-12H,4-5,9-10H2,1-3H3,(H,17,18). The van der Waals surface area contributed by atoms with E-state index in [0.29, 0.717) is 0 Å². The number of benzene rings is 1. The van der Waals surface area contributed by atoms with Crippen molar-refractivity contribution in [2.24, 2.45) is 5.92 Å². The number of ether oxygens (including phenoxy) is 1. The first-order chi connectivity index (χ1) is 9.07. The summed E-state index contributed by atoms with van der Waals surface area (Å²) in [7, 11) is 1.67. The zero-order valence-corrected chi connectivity index (χ0v) is 12.0. The van der Waals surface area contributed by atoms with Crippen LogP contribution in [-0.4, -0.2) is 13.0 Å². The quantitative estimate of drug-likeness (QED) is 0.903. The predicted molar refractivity (Wildman–Crippen MR) is 76.1 cm³/mol. The van der Waals surface area contributed by atoms with Crippen molar-refractivity contribution in [1.82, 2.24) is 5.32 Å². The molecule has 0 saturated heterocycles. The van der Waals surface area contributed by atoms with Gasteiger partial charge in [-0.3, -0.25) is 4.79 Å². The van der Waals surface area contributed by atoms with E-state index in [4.69, 9.17) is 4.74 Å². The van der Waals surface area contributed by atoms with E-state index < -0.39 is 0 Å². The van der Waals surface area contributed by atoms with Gasteiger partial charge in [0.1, 0.15) is 5.75 Å². The number of carbonyl (C=O) groups is 1. The van der Waals surface area contributed by atoms with Crippen molar-refractivity contribution in [3.8, 4) is 5.75 Å². The largest absolute Gasteiger partial charge is 0.497 e. The van der Waals surface area contributed by atoms with E-state index in [1.807, 2.05) is 32.0 Å². The minimum Gasteiger partial charge on any atom is -0.497 e. The first kappa shape index (κ1) is 13.9. The molecule has 0 aromatic heterocycles. The lowest BCUT2D eigenvalue weighted by Gasteiger charge is -2.32. The van der Waals surface area contributed by atoms with Crippen LogP contribution < -0.4 is 10.1 Å². The van der Waals surface area contributed by atoms with E-state index in [1.165, 1.54) is 5.56 Å². The summed E-state index contributed by atoms with van der Waals surface area (Å²) in [6.45, 7) is 3.87. The number of carbonyl (C=O) groups excluding carboxylic acids is 1. The average Bonchev–Trinajstić information content (AvgIpc) is 2.88. The van der Waals surface area contributed by atoms with Gasteiger partial charge < -0.3 is 10.1 Å². The van der Waals surface area contributed by atoms with Gasteiger partial charge in [-0.15, -0.1) is 0 Å². The van der Waals surface area contributed by atoms with Crippen molar-refractivity contribution in [3.63, 3.8) is 0 Å². The molecule has 2 rings (SSSR count). The molecule has 19 heavy (non-hydrogen) atoms. The Balaban J connectivity index is 2.30. The normalized spacial score (nSPS) is 17.5. The van der Waals surface area contributed by atoms with E-state index in [-0.39, 0.29) is 17.4 Å². The third-order valence-corrected chi connectivity index (χ3v) is 3.97. The summed E-state index contributed by atoms with van der Waals surface area (Å²) in [6, 6.07) is 8.08. The molecule has 1 aromatic rings. The second-order valence-corrected chi connectivity index (χ2v) is 5.67. The highest BCUT2D eigenvalue weighted by molar-refractivity contribution is 5.79. The lowest BCUT2D eigenvalue weighted by molar-refractivity contribution is -0.126. The maximum Gasteiger partial charge on any atom is 0.223 e. The minimum atomic E-state index is -0.199. The molecular weight excluding hydrogens is 238 g/mol. The Morgan fingerprint density at radius 3 is 2.58 bits per heavy atom. The van der Waals surface area contributed by atoms with Crippen molar-refractivity contribution in [3.05, 3.63) is 29.8 Å². The minimum absolute atomic E-state index is 0.0167. The molecule has 0 radical (unpaired) electrons. The Morgan fingerprint density at radius 2 is 2.00 bits per heavy atom. The van der Waals surface area contributed by atoms with E-state index in [1.54, 1.807) is 7.11 Å². The Hall–Kier alpha value is -1.51. The first-order valence-corrected chi connectivity index (χ1v) is 7.04. The van der Waals surface area contributed by atoms with Crippen LogP contribution in [0.25, 0.3) is 0 Å². The van der Waals surface area contributed by atoms with Crippen LogP contribution in [0.2, 0.25) is 0 Å².